The second kappa shape index (κ2) is 6.12. The van der Waals surface area contributed by atoms with E-state index in [2.05, 4.69) is 61.5 Å². The molecule has 0 heteroatoms. The smallest absolute Gasteiger partial charge is 0.0184 e. The molecule has 0 nitrogen and oxygen atoms in total. The number of aryl methyl sites for hydroxylation is 1. The first-order chi connectivity index (χ1) is 7.40. The minimum Gasteiger partial charge on any atom is -0.0776 e. The van der Waals surface area contributed by atoms with Crippen LogP contribution in [0.4, 0.5) is 0 Å². The SMILES string of the molecule is C.CCCc1ccc(-c2ccccc2)cc1. The normalized spacial score (nSPS) is 9.56. The van der Waals surface area contributed by atoms with Gasteiger partial charge in [-0.2, -0.15) is 0 Å². The summed E-state index contributed by atoms with van der Waals surface area (Å²) < 4.78 is 0. The van der Waals surface area contributed by atoms with E-state index in [1.54, 1.807) is 0 Å². The second-order valence-electron chi connectivity index (χ2n) is 3.81. The average Bonchev–Trinajstić information content (AvgIpc) is 2.32. The van der Waals surface area contributed by atoms with Gasteiger partial charge in [-0.1, -0.05) is 75.4 Å². The van der Waals surface area contributed by atoms with Gasteiger partial charge in [-0.15, -0.1) is 0 Å². The van der Waals surface area contributed by atoms with Crippen LogP contribution in [-0.2, 0) is 6.42 Å². The van der Waals surface area contributed by atoms with Crippen molar-refractivity contribution in [2.45, 2.75) is 27.2 Å². The third kappa shape index (κ3) is 2.96. The Morgan fingerprint density at radius 1 is 0.750 bits per heavy atom. The zero-order chi connectivity index (χ0) is 10.5. The van der Waals surface area contributed by atoms with Gasteiger partial charge in [0.25, 0.3) is 0 Å². The highest BCUT2D eigenvalue weighted by atomic mass is 14.0. The van der Waals surface area contributed by atoms with Crippen LogP contribution in [0.2, 0.25) is 0 Å². The van der Waals surface area contributed by atoms with Crippen molar-refractivity contribution in [3.8, 4) is 11.1 Å². The van der Waals surface area contributed by atoms with Gasteiger partial charge in [0.2, 0.25) is 0 Å². The molecule has 0 heterocycles. The van der Waals surface area contributed by atoms with Crippen molar-refractivity contribution in [1.82, 2.24) is 0 Å². The lowest BCUT2D eigenvalue weighted by molar-refractivity contribution is 0.922. The molecule has 0 aliphatic carbocycles. The van der Waals surface area contributed by atoms with E-state index in [1.807, 2.05) is 0 Å². The first-order valence-corrected chi connectivity index (χ1v) is 5.54. The average molecular weight is 212 g/mol. The van der Waals surface area contributed by atoms with Gasteiger partial charge in [0.1, 0.15) is 0 Å². The molecule has 2 aromatic carbocycles. The van der Waals surface area contributed by atoms with E-state index in [-0.39, 0.29) is 7.43 Å². The third-order valence-electron chi connectivity index (χ3n) is 2.60. The first kappa shape index (κ1) is 12.5. The second-order valence-corrected chi connectivity index (χ2v) is 3.81. The van der Waals surface area contributed by atoms with Gasteiger partial charge < -0.3 is 0 Å². The fourth-order valence-electron chi connectivity index (χ4n) is 1.78. The van der Waals surface area contributed by atoms with Crippen molar-refractivity contribution >= 4 is 0 Å². The Labute approximate surface area is 99.0 Å². The summed E-state index contributed by atoms with van der Waals surface area (Å²) in [5, 5.41) is 0. The predicted molar refractivity (Wildman–Crippen MR) is 72.6 cm³/mol. The molecule has 16 heavy (non-hydrogen) atoms. The van der Waals surface area contributed by atoms with Crippen LogP contribution in [0.5, 0.6) is 0 Å². The molecule has 84 valence electrons. The molecule has 0 aliphatic rings. The summed E-state index contributed by atoms with van der Waals surface area (Å²) in [4.78, 5) is 0. The molecule has 0 aliphatic heterocycles. The lowest BCUT2D eigenvalue weighted by atomic mass is 10.0. The lowest BCUT2D eigenvalue weighted by Gasteiger charge is -2.03. The fraction of sp³-hybridized carbons (Fsp3) is 0.250. The fourth-order valence-corrected chi connectivity index (χ4v) is 1.78. The summed E-state index contributed by atoms with van der Waals surface area (Å²) in [5.74, 6) is 0. The van der Waals surface area contributed by atoms with E-state index in [1.165, 1.54) is 29.5 Å². The number of rotatable bonds is 3. The van der Waals surface area contributed by atoms with E-state index in [0.717, 1.165) is 0 Å². The quantitative estimate of drug-likeness (QED) is 0.676. The zero-order valence-electron chi connectivity index (χ0n) is 9.11. The van der Waals surface area contributed by atoms with Crippen LogP contribution in [0.25, 0.3) is 11.1 Å². The number of benzene rings is 2. The molecule has 0 bridgehead atoms. The lowest BCUT2D eigenvalue weighted by Crippen LogP contribution is -1.83. The standard InChI is InChI=1S/C15H16.CH4/c1-2-6-13-9-11-15(12-10-13)14-7-4-3-5-8-14;/h3-5,7-12H,2,6H2,1H3;1H4. The van der Waals surface area contributed by atoms with Crippen molar-refractivity contribution in [2.24, 2.45) is 0 Å². The molecule has 2 rings (SSSR count). The molecule has 0 saturated carbocycles. The Hall–Kier alpha value is -1.56. The van der Waals surface area contributed by atoms with Crippen molar-refractivity contribution in [2.75, 3.05) is 0 Å². The molecule has 0 atom stereocenters. The predicted octanol–water partition coefficient (Wildman–Crippen LogP) is 4.94. The van der Waals surface area contributed by atoms with E-state index in [4.69, 9.17) is 0 Å². The Morgan fingerprint density at radius 3 is 1.88 bits per heavy atom. The van der Waals surface area contributed by atoms with Gasteiger partial charge in [-0.3, -0.25) is 0 Å². The highest BCUT2D eigenvalue weighted by Gasteiger charge is 1.96. The van der Waals surface area contributed by atoms with Crippen molar-refractivity contribution in [3.63, 3.8) is 0 Å². The molecule has 0 spiro atoms. The Kier molecular flexibility index (Phi) is 4.78. The zero-order valence-corrected chi connectivity index (χ0v) is 9.11. The van der Waals surface area contributed by atoms with Gasteiger partial charge in [-0.05, 0) is 23.1 Å². The summed E-state index contributed by atoms with van der Waals surface area (Å²) in [5.41, 5.74) is 4.02. The van der Waals surface area contributed by atoms with Crippen LogP contribution in [-0.4, -0.2) is 0 Å². The molecule has 0 radical (unpaired) electrons. The maximum Gasteiger partial charge on any atom is -0.0184 e. The van der Waals surface area contributed by atoms with Crippen molar-refractivity contribution < 1.29 is 0 Å². The van der Waals surface area contributed by atoms with Crippen molar-refractivity contribution in [3.05, 3.63) is 60.2 Å². The van der Waals surface area contributed by atoms with Gasteiger partial charge >= 0.3 is 0 Å². The van der Waals surface area contributed by atoms with Gasteiger partial charge in [0.15, 0.2) is 0 Å². The summed E-state index contributed by atoms with van der Waals surface area (Å²) in [6.07, 6.45) is 2.39. The third-order valence-corrected chi connectivity index (χ3v) is 2.60. The van der Waals surface area contributed by atoms with Gasteiger partial charge in [-0.25, -0.2) is 0 Å². The largest absolute Gasteiger partial charge is 0.0776 e. The molecular formula is C16H20. The number of hydrogen-bond acceptors (Lipinski definition) is 0. The molecule has 0 unspecified atom stereocenters. The van der Waals surface area contributed by atoms with Crippen LogP contribution < -0.4 is 0 Å². The van der Waals surface area contributed by atoms with Gasteiger partial charge in [0.05, 0.1) is 0 Å². The Bertz CT molecular complexity index is 398. The monoisotopic (exact) mass is 212 g/mol. The molecule has 0 N–H and O–H groups in total. The highest BCUT2D eigenvalue weighted by molar-refractivity contribution is 5.63. The molecular weight excluding hydrogens is 192 g/mol. The van der Waals surface area contributed by atoms with Crippen LogP contribution >= 0.6 is 0 Å². The van der Waals surface area contributed by atoms with Crippen LogP contribution in [0, 0.1) is 0 Å². The van der Waals surface area contributed by atoms with Crippen molar-refractivity contribution in [1.29, 1.82) is 0 Å². The van der Waals surface area contributed by atoms with E-state index >= 15 is 0 Å². The van der Waals surface area contributed by atoms with E-state index in [0.29, 0.717) is 0 Å². The van der Waals surface area contributed by atoms with E-state index < -0.39 is 0 Å². The molecule has 0 aromatic heterocycles. The summed E-state index contributed by atoms with van der Waals surface area (Å²) in [6, 6.07) is 19.4. The minimum atomic E-state index is 0. The molecule has 0 amide bonds. The maximum absolute atomic E-state index is 2.23. The molecule has 0 saturated heterocycles. The van der Waals surface area contributed by atoms with Gasteiger partial charge in [0, 0.05) is 0 Å². The van der Waals surface area contributed by atoms with Crippen LogP contribution in [0.1, 0.15) is 26.3 Å². The molecule has 0 fully saturated rings. The number of hydrogen-bond donors (Lipinski definition) is 0. The summed E-state index contributed by atoms with van der Waals surface area (Å²) in [7, 11) is 0. The highest BCUT2D eigenvalue weighted by Crippen LogP contribution is 2.19. The maximum atomic E-state index is 2.23. The Balaban J connectivity index is 0.00000128. The summed E-state index contributed by atoms with van der Waals surface area (Å²) in [6.45, 7) is 2.21. The topological polar surface area (TPSA) is 0 Å². The molecule has 2 aromatic rings. The minimum absolute atomic E-state index is 0. The van der Waals surface area contributed by atoms with Crippen LogP contribution in [0.3, 0.4) is 0 Å². The van der Waals surface area contributed by atoms with E-state index in [9.17, 15) is 0 Å². The summed E-state index contributed by atoms with van der Waals surface area (Å²) >= 11 is 0. The first-order valence-electron chi connectivity index (χ1n) is 5.54. The van der Waals surface area contributed by atoms with Crippen LogP contribution in [0.15, 0.2) is 54.6 Å². The Morgan fingerprint density at radius 2 is 1.31 bits per heavy atom.